The van der Waals surface area contributed by atoms with Crippen molar-refractivity contribution in [2.45, 2.75) is 44.6 Å². The first-order chi connectivity index (χ1) is 11.6. The third kappa shape index (κ3) is 7.27. The maximum absolute atomic E-state index is 11.8. The molecule has 0 aromatic heterocycles. The molecular weight excluding hydrogens is 314 g/mol. The van der Waals surface area contributed by atoms with Gasteiger partial charge in [-0.05, 0) is 32.2 Å². The Kier molecular flexibility index (Phi) is 10.0. The number of aliphatic hydroxyl groups is 1. The summed E-state index contributed by atoms with van der Waals surface area (Å²) >= 11 is 0. The Bertz CT molecular complexity index is 405. The van der Waals surface area contributed by atoms with Crippen LogP contribution in [0.25, 0.3) is 0 Å². The van der Waals surface area contributed by atoms with E-state index in [-0.39, 0.29) is 37.5 Å². The summed E-state index contributed by atoms with van der Waals surface area (Å²) in [5, 5.41) is 19.1. The van der Waals surface area contributed by atoms with Crippen molar-refractivity contribution in [3.63, 3.8) is 0 Å². The fourth-order valence-electron chi connectivity index (χ4n) is 3.17. The quantitative estimate of drug-likeness (QED) is 0.431. The minimum Gasteiger partial charge on any atom is -0.483 e. The van der Waals surface area contributed by atoms with E-state index >= 15 is 0 Å². The van der Waals surface area contributed by atoms with Crippen LogP contribution in [0.2, 0.25) is 0 Å². The molecule has 0 radical (unpaired) electrons. The molecule has 0 saturated carbocycles. The second-order valence-corrected chi connectivity index (χ2v) is 6.10. The van der Waals surface area contributed by atoms with Crippen molar-refractivity contribution in [3.8, 4) is 0 Å². The zero-order valence-electron chi connectivity index (χ0n) is 14.2. The number of piperidine rings is 1. The maximum atomic E-state index is 11.8. The predicted octanol–water partition coefficient (Wildman–Crippen LogP) is -0.337. The molecule has 2 fully saturated rings. The first kappa shape index (κ1) is 20.4. The summed E-state index contributed by atoms with van der Waals surface area (Å²) in [5.74, 6) is 0.0202. The number of carbonyl (C=O) groups excluding carboxylic acids is 2. The van der Waals surface area contributed by atoms with Crippen molar-refractivity contribution in [1.29, 1.82) is 0 Å². The number of likely N-dealkylation sites (tertiary alicyclic amines) is 2. The van der Waals surface area contributed by atoms with E-state index in [1.165, 1.54) is 12.8 Å². The summed E-state index contributed by atoms with van der Waals surface area (Å²) in [5.41, 5.74) is 0. The number of hydrogen-bond donors (Lipinski definition) is 3. The van der Waals surface area contributed by atoms with Crippen LogP contribution in [0.5, 0.6) is 0 Å². The normalized spacial score (nSPS) is 21.1. The molecule has 0 spiro atoms. The molecule has 2 aliphatic heterocycles. The molecule has 1 unspecified atom stereocenters. The highest BCUT2D eigenvalue weighted by Gasteiger charge is 2.23. The van der Waals surface area contributed by atoms with E-state index in [0.29, 0.717) is 19.5 Å². The number of aliphatic hydroxyl groups excluding tert-OH is 1. The van der Waals surface area contributed by atoms with Gasteiger partial charge in [-0.2, -0.15) is 0 Å². The molecule has 8 nitrogen and oxygen atoms in total. The average molecular weight is 343 g/mol. The monoisotopic (exact) mass is 343 g/mol. The van der Waals surface area contributed by atoms with Gasteiger partial charge in [0.2, 0.25) is 11.8 Å². The van der Waals surface area contributed by atoms with Crippen LogP contribution < -0.4 is 5.32 Å². The summed E-state index contributed by atoms with van der Waals surface area (Å²) in [4.78, 5) is 35.5. The first-order valence-electron chi connectivity index (χ1n) is 8.59. The van der Waals surface area contributed by atoms with Gasteiger partial charge in [-0.1, -0.05) is 6.42 Å². The first-order valence-corrected chi connectivity index (χ1v) is 8.59. The van der Waals surface area contributed by atoms with Gasteiger partial charge in [-0.15, -0.1) is 0 Å². The van der Waals surface area contributed by atoms with Gasteiger partial charge in [-0.3, -0.25) is 19.3 Å². The van der Waals surface area contributed by atoms with Gasteiger partial charge < -0.3 is 20.4 Å². The van der Waals surface area contributed by atoms with Gasteiger partial charge in [0, 0.05) is 32.1 Å². The molecule has 0 bridgehead atoms. The Morgan fingerprint density at radius 1 is 1.29 bits per heavy atom. The second-order valence-electron chi connectivity index (χ2n) is 6.10. The standard InChI is InChI=1S/C15H27N3O3.CH2O2/c19-12-13-5-1-2-8-17(13)10-4-7-16-14(20)11-18-9-3-6-15(18)21;2-1-3/h13,19H,1-12H2,(H,16,20);1H,(H,2,3). The molecule has 0 aliphatic carbocycles. The van der Waals surface area contributed by atoms with E-state index in [0.717, 1.165) is 32.4 Å². The van der Waals surface area contributed by atoms with Crippen LogP contribution in [-0.4, -0.2) is 83.7 Å². The fraction of sp³-hybridized carbons (Fsp3) is 0.812. The van der Waals surface area contributed by atoms with E-state index in [1.807, 2.05) is 0 Å². The van der Waals surface area contributed by atoms with Crippen molar-refractivity contribution in [2.24, 2.45) is 0 Å². The molecule has 1 atom stereocenters. The van der Waals surface area contributed by atoms with Crippen LogP contribution in [0.15, 0.2) is 0 Å². The van der Waals surface area contributed by atoms with Crippen molar-refractivity contribution < 1.29 is 24.6 Å². The summed E-state index contributed by atoms with van der Waals surface area (Å²) in [7, 11) is 0. The summed E-state index contributed by atoms with van der Waals surface area (Å²) in [6.07, 6.45) is 5.78. The van der Waals surface area contributed by atoms with Gasteiger partial charge in [-0.25, -0.2) is 0 Å². The van der Waals surface area contributed by atoms with Gasteiger partial charge in [0.05, 0.1) is 13.2 Å². The second kappa shape index (κ2) is 11.8. The van der Waals surface area contributed by atoms with E-state index < -0.39 is 0 Å². The van der Waals surface area contributed by atoms with Crippen LogP contribution in [0.1, 0.15) is 38.5 Å². The molecule has 0 aromatic carbocycles. The zero-order valence-corrected chi connectivity index (χ0v) is 14.2. The van der Waals surface area contributed by atoms with Crippen LogP contribution in [0, 0.1) is 0 Å². The Morgan fingerprint density at radius 2 is 2.04 bits per heavy atom. The van der Waals surface area contributed by atoms with Gasteiger partial charge >= 0.3 is 0 Å². The number of carbonyl (C=O) groups is 3. The lowest BCUT2D eigenvalue weighted by Crippen LogP contribution is -2.43. The third-order valence-corrected chi connectivity index (χ3v) is 4.41. The fourth-order valence-corrected chi connectivity index (χ4v) is 3.17. The Labute approximate surface area is 142 Å². The zero-order chi connectivity index (χ0) is 17.8. The van der Waals surface area contributed by atoms with Crippen molar-refractivity contribution in [3.05, 3.63) is 0 Å². The predicted molar refractivity (Wildman–Crippen MR) is 88.4 cm³/mol. The van der Waals surface area contributed by atoms with E-state index in [4.69, 9.17) is 9.90 Å². The average Bonchev–Trinajstić information content (AvgIpc) is 2.97. The highest BCUT2D eigenvalue weighted by Crippen LogP contribution is 2.16. The van der Waals surface area contributed by atoms with Crippen molar-refractivity contribution in [1.82, 2.24) is 15.1 Å². The van der Waals surface area contributed by atoms with Crippen LogP contribution in [0.4, 0.5) is 0 Å². The van der Waals surface area contributed by atoms with Gasteiger partial charge in [0.1, 0.15) is 0 Å². The molecule has 2 rings (SSSR count). The SMILES string of the molecule is O=C(CN1CCCC1=O)NCCCN1CCCCC1CO.O=CO. The van der Waals surface area contributed by atoms with Gasteiger partial charge in [0.25, 0.3) is 6.47 Å². The number of rotatable bonds is 7. The van der Waals surface area contributed by atoms with E-state index in [1.54, 1.807) is 4.90 Å². The third-order valence-electron chi connectivity index (χ3n) is 4.41. The summed E-state index contributed by atoms with van der Waals surface area (Å²) in [6, 6.07) is 0.289. The smallest absolute Gasteiger partial charge is 0.290 e. The number of amides is 2. The minimum atomic E-state index is -0.250. The number of nitrogens with zero attached hydrogens (tertiary/aromatic N) is 2. The van der Waals surface area contributed by atoms with Crippen LogP contribution in [-0.2, 0) is 14.4 Å². The molecule has 2 saturated heterocycles. The lowest BCUT2D eigenvalue weighted by atomic mass is 10.0. The Hall–Kier alpha value is -1.67. The molecule has 8 heteroatoms. The molecule has 3 N–H and O–H groups in total. The molecule has 138 valence electrons. The summed E-state index contributed by atoms with van der Waals surface area (Å²) in [6.45, 7) is 3.47. The Balaban J connectivity index is 0.000000891. The number of carboxylic acid groups (broad SMARTS) is 1. The lowest BCUT2D eigenvalue weighted by molar-refractivity contribution is -0.133. The van der Waals surface area contributed by atoms with E-state index in [2.05, 4.69) is 10.2 Å². The summed E-state index contributed by atoms with van der Waals surface area (Å²) < 4.78 is 0. The minimum absolute atomic E-state index is 0.0670. The van der Waals surface area contributed by atoms with Crippen molar-refractivity contribution >= 4 is 18.3 Å². The molecule has 24 heavy (non-hydrogen) atoms. The maximum Gasteiger partial charge on any atom is 0.290 e. The highest BCUT2D eigenvalue weighted by atomic mass is 16.3. The van der Waals surface area contributed by atoms with Crippen molar-refractivity contribution in [2.75, 3.05) is 39.3 Å². The molecular formula is C16H29N3O5. The molecule has 2 aliphatic rings. The molecule has 0 aromatic rings. The van der Waals surface area contributed by atoms with Crippen LogP contribution >= 0.6 is 0 Å². The largest absolute Gasteiger partial charge is 0.483 e. The molecule has 2 amide bonds. The topological polar surface area (TPSA) is 110 Å². The van der Waals surface area contributed by atoms with Crippen LogP contribution in [0.3, 0.4) is 0 Å². The Morgan fingerprint density at radius 3 is 2.67 bits per heavy atom. The lowest BCUT2D eigenvalue weighted by Gasteiger charge is -2.34. The highest BCUT2D eigenvalue weighted by molar-refractivity contribution is 5.85. The van der Waals surface area contributed by atoms with Gasteiger partial charge in [0.15, 0.2) is 0 Å². The number of hydrogen-bond acceptors (Lipinski definition) is 5. The molecule has 2 heterocycles. The number of nitrogens with one attached hydrogen (secondary N) is 1. The van der Waals surface area contributed by atoms with E-state index in [9.17, 15) is 14.7 Å².